The smallest absolute Gasteiger partial charge is 0.160 e. The van der Waals surface area contributed by atoms with E-state index in [0.717, 1.165) is 83.6 Å². The summed E-state index contributed by atoms with van der Waals surface area (Å²) in [6.07, 6.45) is -0.419. The maximum absolute atomic E-state index is 5.36. The van der Waals surface area contributed by atoms with Crippen molar-refractivity contribution in [2.75, 3.05) is 0 Å². The molecule has 1 atom stereocenters. The Kier molecular flexibility index (Phi) is 9.22. The van der Waals surface area contributed by atoms with Crippen molar-refractivity contribution in [2.24, 2.45) is 9.98 Å². The number of aromatic nitrogens is 2. The van der Waals surface area contributed by atoms with Gasteiger partial charge in [-0.25, -0.2) is 20.0 Å². The average molecular weight is 744 g/mol. The molecule has 1 unspecified atom stereocenters. The van der Waals surface area contributed by atoms with Gasteiger partial charge in [-0.1, -0.05) is 200 Å². The van der Waals surface area contributed by atoms with E-state index in [2.05, 4.69) is 145 Å². The van der Waals surface area contributed by atoms with E-state index >= 15 is 0 Å². The lowest BCUT2D eigenvalue weighted by Gasteiger charge is -2.27. The van der Waals surface area contributed by atoms with Crippen LogP contribution in [0.1, 0.15) is 22.9 Å². The SMILES string of the molecule is c1ccc(C2=NC(c3c(-c4ccccc4-c4cccc(-c5cc(-c6ccccc6)nc(-c6ccccc6)n5)c4)ccc4ccccc34)NC(c3ccccc3)=N2)cc1. The molecule has 1 aliphatic heterocycles. The van der Waals surface area contributed by atoms with E-state index in [1.54, 1.807) is 0 Å². The minimum absolute atomic E-state index is 0.419. The van der Waals surface area contributed by atoms with Crippen molar-refractivity contribution in [3.05, 3.63) is 229 Å². The predicted molar refractivity (Wildman–Crippen MR) is 239 cm³/mol. The summed E-state index contributed by atoms with van der Waals surface area (Å²) in [7, 11) is 0. The Morgan fingerprint density at radius 2 is 0.931 bits per heavy atom. The highest BCUT2D eigenvalue weighted by atomic mass is 15.2. The van der Waals surface area contributed by atoms with Crippen LogP contribution in [-0.2, 0) is 0 Å². The molecule has 10 rings (SSSR count). The summed E-state index contributed by atoms with van der Waals surface area (Å²) in [5.74, 6) is 2.17. The summed E-state index contributed by atoms with van der Waals surface area (Å²) in [5.41, 5.74) is 12.2. The Balaban J connectivity index is 1.12. The first-order chi connectivity index (χ1) is 28.7. The second-order valence-electron chi connectivity index (χ2n) is 14.3. The predicted octanol–water partition coefficient (Wildman–Crippen LogP) is 12.5. The lowest BCUT2D eigenvalue weighted by Crippen LogP contribution is -2.34. The summed E-state index contributed by atoms with van der Waals surface area (Å²) in [6.45, 7) is 0. The zero-order valence-corrected chi connectivity index (χ0v) is 31.6. The Labute approximate surface area is 337 Å². The molecule has 8 aromatic carbocycles. The van der Waals surface area contributed by atoms with Gasteiger partial charge in [-0.05, 0) is 45.2 Å². The first-order valence-electron chi connectivity index (χ1n) is 19.5. The Bertz CT molecular complexity index is 2900. The van der Waals surface area contributed by atoms with E-state index in [4.69, 9.17) is 20.0 Å². The number of rotatable bonds is 8. The fraction of sp³-hybridized carbons (Fsp3) is 0.0189. The molecule has 0 spiro atoms. The lowest BCUT2D eigenvalue weighted by molar-refractivity contribution is 0.681. The van der Waals surface area contributed by atoms with Crippen LogP contribution in [0.25, 0.3) is 66.9 Å². The van der Waals surface area contributed by atoms with Crippen molar-refractivity contribution >= 4 is 22.4 Å². The number of hydrogen-bond acceptors (Lipinski definition) is 5. The molecule has 0 saturated heterocycles. The van der Waals surface area contributed by atoms with Crippen LogP contribution >= 0.6 is 0 Å². The molecule has 1 aromatic heterocycles. The Morgan fingerprint density at radius 3 is 1.66 bits per heavy atom. The molecule has 0 fully saturated rings. The van der Waals surface area contributed by atoms with E-state index in [1.807, 2.05) is 72.8 Å². The van der Waals surface area contributed by atoms with Crippen molar-refractivity contribution in [1.82, 2.24) is 15.3 Å². The van der Waals surface area contributed by atoms with Crippen LogP contribution in [0.3, 0.4) is 0 Å². The molecule has 1 N–H and O–H groups in total. The molecule has 5 nitrogen and oxygen atoms in total. The van der Waals surface area contributed by atoms with E-state index < -0.39 is 6.17 Å². The molecule has 274 valence electrons. The minimum atomic E-state index is -0.419. The molecule has 58 heavy (non-hydrogen) atoms. The zero-order valence-electron chi connectivity index (χ0n) is 31.6. The number of nitrogens with zero attached hydrogens (tertiary/aromatic N) is 4. The van der Waals surface area contributed by atoms with Gasteiger partial charge in [-0.15, -0.1) is 0 Å². The van der Waals surface area contributed by atoms with Gasteiger partial charge in [0.2, 0.25) is 0 Å². The lowest BCUT2D eigenvalue weighted by atomic mass is 9.87. The fourth-order valence-electron chi connectivity index (χ4n) is 7.77. The van der Waals surface area contributed by atoms with Gasteiger partial charge in [-0.3, -0.25) is 0 Å². The number of hydrogen-bond donors (Lipinski definition) is 1. The van der Waals surface area contributed by atoms with Crippen molar-refractivity contribution in [1.29, 1.82) is 0 Å². The molecule has 0 radical (unpaired) electrons. The first-order valence-corrected chi connectivity index (χ1v) is 19.5. The second-order valence-corrected chi connectivity index (χ2v) is 14.3. The molecule has 0 aliphatic carbocycles. The van der Waals surface area contributed by atoms with Crippen LogP contribution in [0.2, 0.25) is 0 Å². The van der Waals surface area contributed by atoms with E-state index in [-0.39, 0.29) is 0 Å². The maximum Gasteiger partial charge on any atom is 0.160 e. The normalized spacial score (nSPS) is 13.7. The third-order valence-electron chi connectivity index (χ3n) is 10.6. The van der Waals surface area contributed by atoms with E-state index in [1.165, 1.54) is 0 Å². The number of benzene rings is 8. The zero-order chi connectivity index (χ0) is 38.7. The van der Waals surface area contributed by atoms with Crippen molar-refractivity contribution in [3.63, 3.8) is 0 Å². The van der Waals surface area contributed by atoms with Crippen LogP contribution in [0.5, 0.6) is 0 Å². The minimum Gasteiger partial charge on any atom is -0.344 e. The maximum atomic E-state index is 5.36. The van der Waals surface area contributed by atoms with Crippen LogP contribution < -0.4 is 5.32 Å². The van der Waals surface area contributed by atoms with Gasteiger partial charge in [-0.2, -0.15) is 0 Å². The molecule has 0 bridgehead atoms. The summed E-state index contributed by atoms with van der Waals surface area (Å²) >= 11 is 0. The Hall–Kier alpha value is -7.76. The largest absolute Gasteiger partial charge is 0.344 e. The van der Waals surface area contributed by atoms with Crippen molar-refractivity contribution < 1.29 is 0 Å². The molecule has 0 amide bonds. The topological polar surface area (TPSA) is 62.5 Å². The van der Waals surface area contributed by atoms with Gasteiger partial charge in [0.15, 0.2) is 11.7 Å². The highest BCUT2D eigenvalue weighted by molar-refractivity contribution is 6.13. The summed E-state index contributed by atoms with van der Waals surface area (Å²) < 4.78 is 0. The summed E-state index contributed by atoms with van der Waals surface area (Å²) in [6, 6.07) is 73.5. The van der Waals surface area contributed by atoms with Crippen LogP contribution in [0, 0.1) is 0 Å². The number of fused-ring (bicyclic) bond motifs is 1. The third kappa shape index (κ3) is 6.86. The average Bonchev–Trinajstić information content (AvgIpc) is 3.32. The van der Waals surface area contributed by atoms with Crippen molar-refractivity contribution in [2.45, 2.75) is 6.17 Å². The third-order valence-corrected chi connectivity index (χ3v) is 10.6. The van der Waals surface area contributed by atoms with Crippen LogP contribution in [-0.4, -0.2) is 21.6 Å². The van der Waals surface area contributed by atoms with E-state index in [0.29, 0.717) is 11.7 Å². The van der Waals surface area contributed by atoms with Gasteiger partial charge in [0.25, 0.3) is 0 Å². The number of aliphatic imine (C=N–C) groups is 2. The standard InChI is InChI=1S/C53H37N5/c1-5-19-37(20-6-1)47-35-48(55-50(54-47)38-21-7-2-8-22-38)42-28-17-27-41(34-42)43-29-15-16-31-45(43)46-33-32-36-18-13-14-30-44(36)49(46)53-57-51(39-23-9-3-10-24-39)56-52(58-53)40-25-11-4-12-26-40/h1-35,53H,(H,56,57,58). The molecular formula is C53H37N5. The van der Waals surface area contributed by atoms with Gasteiger partial charge in [0.05, 0.1) is 11.4 Å². The van der Waals surface area contributed by atoms with Gasteiger partial charge < -0.3 is 5.32 Å². The highest BCUT2D eigenvalue weighted by Gasteiger charge is 2.26. The molecule has 1 aliphatic rings. The van der Waals surface area contributed by atoms with E-state index in [9.17, 15) is 0 Å². The molecular weight excluding hydrogens is 707 g/mol. The summed E-state index contributed by atoms with van der Waals surface area (Å²) in [5, 5.41) is 6.05. The fourth-order valence-corrected chi connectivity index (χ4v) is 7.77. The summed E-state index contributed by atoms with van der Waals surface area (Å²) in [4.78, 5) is 20.6. The van der Waals surface area contributed by atoms with Gasteiger partial charge in [0.1, 0.15) is 12.0 Å². The van der Waals surface area contributed by atoms with Crippen molar-refractivity contribution in [3.8, 4) is 56.2 Å². The molecule has 5 heteroatoms. The van der Waals surface area contributed by atoms with Gasteiger partial charge >= 0.3 is 0 Å². The quantitative estimate of drug-likeness (QED) is 0.169. The first kappa shape index (κ1) is 34.7. The Morgan fingerprint density at radius 1 is 0.379 bits per heavy atom. The highest BCUT2D eigenvalue weighted by Crippen LogP contribution is 2.41. The number of nitrogens with one attached hydrogen (secondary N) is 1. The monoisotopic (exact) mass is 743 g/mol. The number of amidine groups is 2. The molecule has 0 saturated carbocycles. The molecule has 9 aromatic rings. The van der Waals surface area contributed by atoms with Crippen LogP contribution in [0.4, 0.5) is 0 Å². The molecule has 2 heterocycles. The van der Waals surface area contributed by atoms with Gasteiger partial charge in [0, 0.05) is 33.4 Å². The second kappa shape index (κ2) is 15.4. The van der Waals surface area contributed by atoms with Crippen LogP contribution in [0.15, 0.2) is 222 Å².